The third-order valence-corrected chi connectivity index (χ3v) is 6.71. The van der Waals surface area contributed by atoms with Crippen molar-refractivity contribution in [2.45, 2.75) is 72.1 Å². The molecule has 0 aliphatic carbocycles. The summed E-state index contributed by atoms with van der Waals surface area (Å²) < 4.78 is 17.0. The Labute approximate surface area is 204 Å². The number of fused-ring (bicyclic) bond motifs is 1. The Balaban J connectivity index is 0.00000149. The molecule has 4 rings (SSSR count). The molecule has 0 unspecified atom stereocenters. The number of rotatable bonds is 5. The fourth-order valence-corrected chi connectivity index (χ4v) is 5.21. The fourth-order valence-electron chi connectivity index (χ4n) is 3.91. The number of nitrogens with zero attached hydrogens (tertiary/aromatic N) is 4. The molecule has 1 saturated heterocycles. The average Bonchev–Trinajstić information content (AvgIpc) is 3.18. The number of imidazole rings is 1. The van der Waals surface area contributed by atoms with Crippen molar-refractivity contribution in [2.75, 3.05) is 16.8 Å². The number of aliphatic hydroxyl groups is 1. The van der Waals surface area contributed by atoms with Crippen LogP contribution < -0.4 is 5.32 Å². The Kier molecular flexibility index (Phi) is 8.24. The molecule has 0 saturated carbocycles. The number of hydrogen-bond donors (Lipinski definition) is 2. The van der Waals surface area contributed by atoms with Gasteiger partial charge in [0.05, 0.1) is 22.4 Å². The van der Waals surface area contributed by atoms with Gasteiger partial charge < -0.3 is 15.0 Å². The molecule has 3 aromatic rings. The van der Waals surface area contributed by atoms with Crippen LogP contribution in [0.15, 0.2) is 18.3 Å². The maximum atomic E-state index is 15.1. The summed E-state index contributed by atoms with van der Waals surface area (Å²) in [7, 11) is 0. The maximum Gasteiger partial charge on any atom is 0.223 e. The third-order valence-electron chi connectivity index (χ3n) is 5.38. The molecular formula is C24H33ClFN5OS. The summed E-state index contributed by atoms with van der Waals surface area (Å²) in [6.07, 6.45) is 3.66. The van der Waals surface area contributed by atoms with E-state index in [4.69, 9.17) is 11.6 Å². The second-order valence-corrected chi connectivity index (χ2v) is 10.3. The molecule has 1 fully saturated rings. The van der Waals surface area contributed by atoms with E-state index in [1.165, 1.54) is 6.07 Å². The molecule has 1 aliphatic rings. The van der Waals surface area contributed by atoms with Crippen LogP contribution >= 0.6 is 23.4 Å². The van der Waals surface area contributed by atoms with Gasteiger partial charge in [0.25, 0.3) is 0 Å². The van der Waals surface area contributed by atoms with E-state index in [9.17, 15) is 5.11 Å². The van der Waals surface area contributed by atoms with Gasteiger partial charge in [-0.3, -0.25) is 0 Å². The van der Waals surface area contributed by atoms with Crippen LogP contribution in [-0.4, -0.2) is 42.2 Å². The lowest BCUT2D eigenvalue weighted by molar-refractivity contribution is 0.0641. The van der Waals surface area contributed by atoms with Crippen LogP contribution in [0, 0.1) is 5.82 Å². The lowest BCUT2D eigenvalue weighted by Gasteiger charge is -2.22. The molecule has 0 amide bonds. The summed E-state index contributed by atoms with van der Waals surface area (Å²) in [5.41, 5.74) is 0.612. The van der Waals surface area contributed by atoms with Gasteiger partial charge in [-0.15, -0.1) is 0 Å². The van der Waals surface area contributed by atoms with Gasteiger partial charge in [0.2, 0.25) is 5.95 Å². The van der Waals surface area contributed by atoms with E-state index in [1.54, 1.807) is 20.0 Å². The summed E-state index contributed by atoms with van der Waals surface area (Å²) in [5.74, 6) is 2.66. The number of hydrogen-bond acceptors (Lipinski definition) is 6. The van der Waals surface area contributed by atoms with E-state index in [0.29, 0.717) is 39.6 Å². The first-order valence-electron chi connectivity index (χ1n) is 11.5. The monoisotopic (exact) mass is 493 g/mol. The Morgan fingerprint density at radius 3 is 2.48 bits per heavy atom. The molecular weight excluding hydrogens is 461 g/mol. The summed E-state index contributed by atoms with van der Waals surface area (Å²) in [4.78, 5) is 13.3. The molecule has 1 aliphatic heterocycles. The van der Waals surface area contributed by atoms with Crippen molar-refractivity contribution >= 4 is 40.3 Å². The Morgan fingerprint density at radius 2 is 1.88 bits per heavy atom. The molecule has 9 heteroatoms. The van der Waals surface area contributed by atoms with E-state index < -0.39 is 11.4 Å². The molecule has 1 aromatic carbocycles. The normalized spacial score (nSPS) is 15.0. The lowest BCUT2D eigenvalue weighted by atomic mass is 10.1. The van der Waals surface area contributed by atoms with Crippen molar-refractivity contribution in [1.82, 2.24) is 19.5 Å². The van der Waals surface area contributed by atoms with Gasteiger partial charge in [0.1, 0.15) is 16.9 Å². The Bertz CT molecular complexity index is 1110. The zero-order valence-corrected chi connectivity index (χ0v) is 21.7. The molecule has 0 radical (unpaired) electrons. The van der Waals surface area contributed by atoms with E-state index >= 15 is 4.39 Å². The minimum atomic E-state index is -1.21. The van der Waals surface area contributed by atoms with Gasteiger partial charge in [-0.25, -0.2) is 19.3 Å². The van der Waals surface area contributed by atoms with Crippen LogP contribution in [0.25, 0.3) is 22.3 Å². The topological polar surface area (TPSA) is 75.9 Å². The number of halogens is 2. The van der Waals surface area contributed by atoms with E-state index in [2.05, 4.69) is 20.3 Å². The summed E-state index contributed by atoms with van der Waals surface area (Å²) in [6, 6.07) is 3.52. The van der Waals surface area contributed by atoms with Crippen molar-refractivity contribution in [2.24, 2.45) is 0 Å². The zero-order chi connectivity index (χ0) is 24.3. The average molecular weight is 494 g/mol. The Morgan fingerprint density at radius 1 is 1.21 bits per heavy atom. The molecule has 6 nitrogen and oxygen atoms in total. The highest BCUT2D eigenvalue weighted by atomic mass is 35.5. The van der Waals surface area contributed by atoms with Gasteiger partial charge in [-0.1, -0.05) is 25.4 Å². The highest BCUT2D eigenvalue weighted by molar-refractivity contribution is 7.99. The van der Waals surface area contributed by atoms with Gasteiger partial charge in [-0.05, 0) is 64.2 Å². The van der Waals surface area contributed by atoms with Crippen LogP contribution in [0.1, 0.15) is 66.3 Å². The van der Waals surface area contributed by atoms with Crippen LogP contribution in [0.3, 0.4) is 0 Å². The summed E-state index contributed by atoms with van der Waals surface area (Å²) >= 11 is 8.37. The van der Waals surface area contributed by atoms with E-state index in [-0.39, 0.29) is 11.6 Å². The smallest absolute Gasteiger partial charge is 0.223 e. The van der Waals surface area contributed by atoms with Crippen molar-refractivity contribution in [3.63, 3.8) is 0 Å². The minimum Gasteiger partial charge on any atom is -0.383 e. The van der Waals surface area contributed by atoms with Gasteiger partial charge in [0, 0.05) is 17.6 Å². The van der Waals surface area contributed by atoms with Gasteiger partial charge >= 0.3 is 0 Å². The highest BCUT2D eigenvalue weighted by Gasteiger charge is 2.28. The maximum absolute atomic E-state index is 15.1. The molecule has 3 heterocycles. The number of benzene rings is 1. The van der Waals surface area contributed by atoms with Gasteiger partial charge in [0.15, 0.2) is 5.82 Å². The number of thioether (sulfide) groups is 1. The molecule has 0 atom stereocenters. The first-order valence-corrected chi connectivity index (χ1v) is 13.0. The molecule has 33 heavy (non-hydrogen) atoms. The van der Waals surface area contributed by atoms with Crippen LogP contribution in [0.2, 0.25) is 5.02 Å². The van der Waals surface area contributed by atoms with Crippen molar-refractivity contribution in [1.29, 1.82) is 0 Å². The first kappa shape index (κ1) is 25.7. The van der Waals surface area contributed by atoms with Crippen molar-refractivity contribution < 1.29 is 9.50 Å². The first-order chi connectivity index (χ1) is 15.6. The SMILES string of the molecule is CC.CC(C)n1c(C(C)(C)O)nc2c(F)cc(-c3nc(NC4CCSCC4)ncc3Cl)cc21. The predicted octanol–water partition coefficient (Wildman–Crippen LogP) is 6.43. The van der Waals surface area contributed by atoms with Crippen molar-refractivity contribution in [3.8, 4) is 11.3 Å². The van der Waals surface area contributed by atoms with E-state index in [0.717, 1.165) is 24.3 Å². The molecule has 0 bridgehead atoms. The third kappa shape index (κ3) is 5.61. The minimum absolute atomic E-state index is 0.0247. The Hall–Kier alpha value is -1.90. The standard InChI is InChI=1S/C22H27ClFN5OS.C2H6/c1-12(2)29-17-10-13(9-16(24)19(17)27-20(29)22(3,4)30)18-15(23)11-25-21(28-18)26-14-5-7-31-8-6-14;1-2/h9-12,14,30H,5-8H2,1-4H3,(H,25,26,28);1-2H3. The predicted molar refractivity (Wildman–Crippen MR) is 137 cm³/mol. The highest BCUT2D eigenvalue weighted by Crippen LogP contribution is 2.34. The van der Waals surface area contributed by atoms with Crippen LogP contribution in [-0.2, 0) is 5.60 Å². The van der Waals surface area contributed by atoms with Crippen molar-refractivity contribution in [3.05, 3.63) is 35.0 Å². The number of anilines is 1. The summed E-state index contributed by atoms with van der Waals surface area (Å²) in [6.45, 7) is 11.2. The molecule has 2 N–H and O–H groups in total. The number of aromatic nitrogens is 4. The second-order valence-electron chi connectivity index (χ2n) is 8.71. The zero-order valence-electron chi connectivity index (χ0n) is 20.1. The van der Waals surface area contributed by atoms with Crippen LogP contribution in [0.4, 0.5) is 10.3 Å². The fraction of sp³-hybridized carbons (Fsp3) is 0.542. The van der Waals surface area contributed by atoms with E-state index in [1.807, 2.05) is 50.1 Å². The lowest BCUT2D eigenvalue weighted by Crippen LogP contribution is -2.25. The number of nitrogens with one attached hydrogen (secondary N) is 1. The quantitative estimate of drug-likeness (QED) is 0.426. The molecule has 180 valence electrons. The molecule has 2 aromatic heterocycles. The molecule has 0 spiro atoms. The van der Waals surface area contributed by atoms with Gasteiger partial charge in [-0.2, -0.15) is 11.8 Å². The second kappa shape index (κ2) is 10.6. The summed E-state index contributed by atoms with van der Waals surface area (Å²) in [5, 5.41) is 14.3. The van der Waals surface area contributed by atoms with Crippen LogP contribution in [0.5, 0.6) is 0 Å². The largest absolute Gasteiger partial charge is 0.383 e.